The highest BCUT2D eigenvalue weighted by molar-refractivity contribution is 5.59. The third-order valence-corrected chi connectivity index (χ3v) is 3.27. The SMILES string of the molecule is CCC(N)c1ccc(-c2cccc(C(C)C)c2)o1. The molecule has 18 heavy (non-hydrogen) atoms. The van der Waals surface area contributed by atoms with Crippen LogP contribution in [-0.4, -0.2) is 0 Å². The molecule has 2 heteroatoms. The average molecular weight is 243 g/mol. The highest BCUT2D eigenvalue weighted by Crippen LogP contribution is 2.27. The highest BCUT2D eigenvalue weighted by Gasteiger charge is 2.10. The second-order valence-corrected chi connectivity index (χ2v) is 5.00. The Kier molecular flexibility index (Phi) is 3.87. The zero-order valence-corrected chi connectivity index (χ0v) is 11.3. The van der Waals surface area contributed by atoms with Gasteiger partial charge in [0.15, 0.2) is 0 Å². The second-order valence-electron chi connectivity index (χ2n) is 5.00. The summed E-state index contributed by atoms with van der Waals surface area (Å²) in [7, 11) is 0. The minimum atomic E-state index is -0.00738. The zero-order valence-electron chi connectivity index (χ0n) is 11.3. The van der Waals surface area contributed by atoms with Gasteiger partial charge in [-0.25, -0.2) is 0 Å². The molecule has 0 aliphatic heterocycles. The molecule has 1 unspecified atom stereocenters. The standard InChI is InChI=1S/C16H21NO/c1-4-14(17)16-9-8-15(18-16)13-7-5-6-12(10-13)11(2)3/h5-11,14H,4,17H2,1-3H3. The fourth-order valence-corrected chi connectivity index (χ4v) is 1.96. The van der Waals surface area contributed by atoms with Gasteiger partial charge < -0.3 is 10.2 Å². The van der Waals surface area contributed by atoms with Crippen LogP contribution in [0.15, 0.2) is 40.8 Å². The summed E-state index contributed by atoms with van der Waals surface area (Å²) in [5.74, 6) is 2.29. The van der Waals surface area contributed by atoms with Crippen molar-refractivity contribution in [3.63, 3.8) is 0 Å². The van der Waals surface area contributed by atoms with Crippen molar-refractivity contribution in [1.29, 1.82) is 0 Å². The van der Waals surface area contributed by atoms with Crippen LogP contribution in [0.3, 0.4) is 0 Å². The van der Waals surface area contributed by atoms with Crippen molar-refractivity contribution in [2.45, 2.75) is 39.2 Å². The van der Waals surface area contributed by atoms with Crippen LogP contribution in [0.4, 0.5) is 0 Å². The zero-order chi connectivity index (χ0) is 13.1. The van der Waals surface area contributed by atoms with Crippen molar-refractivity contribution in [3.05, 3.63) is 47.7 Å². The largest absolute Gasteiger partial charge is 0.459 e. The van der Waals surface area contributed by atoms with Gasteiger partial charge in [0.1, 0.15) is 11.5 Å². The number of hydrogen-bond donors (Lipinski definition) is 1. The van der Waals surface area contributed by atoms with Crippen LogP contribution in [-0.2, 0) is 0 Å². The lowest BCUT2D eigenvalue weighted by Crippen LogP contribution is -2.06. The Balaban J connectivity index is 2.31. The fourth-order valence-electron chi connectivity index (χ4n) is 1.96. The van der Waals surface area contributed by atoms with E-state index in [-0.39, 0.29) is 6.04 Å². The molecule has 2 aromatic rings. The molecule has 1 aromatic carbocycles. The molecule has 1 aromatic heterocycles. The summed E-state index contributed by atoms with van der Waals surface area (Å²) in [6, 6.07) is 12.5. The number of benzene rings is 1. The van der Waals surface area contributed by atoms with Gasteiger partial charge in [0.05, 0.1) is 6.04 Å². The summed E-state index contributed by atoms with van der Waals surface area (Å²) in [5.41, 5.74) is 8.42. The van der Waals surface area contributed by atoms with E-state index in [0.29, 0.717) is 5.92 Å². The maximum Gasteiger partial charge on any atom is 0.134 e. The summed E-state index contributed by atoms with van der Waals surface area (Å²) < 4.78 is 5.83. The maximum atomic E-state index is 5.97. The Morgan fingerprint density at radius 2 is 1.94 bits per heavy atom. The van der Waals surface area contributed by atoms with Gasteiger partial charge in [-0.05, 0) is 36.1 Å². The molecule has 0 saturated heterocycles. The van der Waals surface area contributed by atoms with E-state index in [1.807, 2.05) is 12.1 Å². The Morgan fingerprint density at radius 1 is 1.17 bits per heavy atom. The molecule has 2 nitrogen and oxygen atoms in total. The van der Waals surface area contributed by atoms with Crippen LogP contribution in [0.2, 0.25) is 0 Å². The van der Waals surface area contributed by atoms with Crippen molar-refractivity contribution in [3.8, 4) is 11.3 Å². The second kappa shape index (κ2) is 5.40. The van der Waals surface area contributed by atoms with Crippen LogP contribution in [0.5, 0.6) is 0 Å². The molecule has 1 heterocycles. The van der Waals surface area contributed by atoms with Crippen LogP contribution >= 0.6 is 0 Å². The van der Waals surface area contributed by atoms with Crippen molar-refractivity contribution in [1.82, 2.24) is 0 Å². The van der Waals surface area contributed by atoms with Crippen molar-refractivity contribution in [2.24, 2.45) is 5.73 Å². The molecule has 2 N–H and O–H groups in total. The third kappa shape index (κ3) is 2.65. The Bertz CT molecular complexity index is 513. The molecular formula is C16H21NO. The summed E-state index contributed by atoms with van der Waals surface area (Å²) in [6.07, 6.45) is 0.888. The van der Waals surface area contributed by atoms with E-state index in [9.17, 15) is 0 Å². The lowest BCUT2D eigenvalue weighted by Gasteiger charge is -2.07. The Hall–Kier alpha value is -1.54. The average Bonchev–Trinajstić information content (AvgIpc) is 2.87. The van der Waals surface area contributed by atoms with Gasteiger partial charge in [-0.15, -0.1) is 0 Å². The van der Waals surface area contributed by atoms with E-state index in [2.05, 4.69) is 45.0 Å². The minimum absolute atomic E-state index is 0.00738. The number of furan rings is 1. The first-order chi connectivity index (χ1) is 8.61. The van der Waals surface area contributed by atoms with Gasteiger partial charge in [-0.3, -0.25) is 0 Å². The van der Waals surface area contributed by atoms with Gasteiger partial charge in [-0.1, -0.05) is 39.0 Å². The van der Waals surface area contributed by atoms with Crippen molar-refractivity contribution < 1.29 is 4.42 Å². The van der Waals surface area contributed by atoms with Crippen LogP contribution < -0.4 is 5.73 Å². The van der Waals surface area contributed by atoms with Crippen molar-refractivity contribution in [2.75, 3.05) is 0 Å². The predicted molar refractivity (Wildman–Crippen MR) is 75.5 cm³/mol. The Labute approximate surface area is 109 Å². The van der Waals surface area contributed by atoms with Gasteiger partial charge >= 0.3 is 0 Å². The van der Waals surface area contributed by atoms with E-state index < -0.39 is 0 Å². The topological polar surface area (TPSA) is 39.2 Å². The van der Waals surface area contributed by atoms with Crippen LogP contribution in [0.1, 0.15) is 50.5 Å². The Morgan fingerprint density at radius 3 is 2.61 bits per heavy atom. The monoisotopic (exact) mass is 243 g/mol. The lowest BCUT2D eigenvalue weighted by molar-refractivity contribution is 0.470. The third-order valence-electron chi connectivity index (χ3n) is 3.27. The predicted octanol–water partition coefficient (Wildman–Crippen LogP) is 4.48. The minimum Gasteiger partial charge on any atom is -0.459 e. The van der Waals surface area contributed by atoms with Gasteiger partial charge in [0.2, 0.25) is 0 Å². The first kappa shape index (κ1) is 12.9. The smallest absolute Gasteiger partial charge is 0.134 e. The van der Waals surface area contributed by atoms with E-state index >= 15 is 0 Å². The van der Waals surface area contributed by atoms with Crippen molar-refractivity contribution >= 4 is 0 Å². The molecule has 1 atom stereocenters. The molecule has 2 rings (SSSR count). The fraction of sp³-hybridized carbons (Fsp3) is 0.375. The number of hydrogen-bond acceptors (Lipinski definition) is 2. The molecule has 0 aliphatic rings. The molecule has 96 valence electrons. The number of nitrogens with two attached hydrogens (primary N) is 1. The maximum absolute atomic E-state index is 5.97. The molecule has 0 saturated carbocycles. The first-order valence-electron chi connectivity index (χ1n) is 6.57. The molecular weight excluding hydrogens is 222 g/mol. The van der Waals surface area contributed by atoms with Gasteiger partial charge in [0.25, 0.3) is 0 Å². The number of rotatable bonds is 4. The normalized spacial score (nSPS) is 12.9. The molecule has 0 amide bonds. The van der Waals surface area contributed by atoms with Gasteiger partial charge in [-0.2, -0.15) is 0 Å². The van der Waals surface area contributed by atoms with Crippen LogP contribution in [0, 0.1) is 0 Å². The summed E-state index contributed by atoms with van der Waals surface area (Å²) >= 11 is 0. The van der Waals surface area contributed by atoms with E-state index in [4.69, 9.17) is 10.2 Å². The summed E-state index contributed by atoms with van der Waals surface area (Å²) in [5, 5.41) is 0. The molecule has 0 fully saturated rings. The van der Waals surface area contributed by atoms with E-state index in [0.717, 1.165) is 23.5 Å². The molecule has 0 radical (unpaired) electrons. The van der Waals surface area contributed by atoms with Crippen LogP contribution in [0.25, 0.3) is 11.3 Å². The first-order valence-corrected chi connectivity index (χ1v) is 6.57. The quantitative estimate of drug-likeness (QED) is 0.859. The summed E-state index contributed by atoms with van der Waals surface area (Å²) in [4.78, 5) is 0. The molecule has 0 bridgehead atoms. The molecule has 0 aliphatic carbocycles. The highest BCUT2D eigenvalue weighted by atomic mass is 16.3. The molecule has 0 spiro atoms. The summed E-state index contributed by atoms with van der Waals surface area (Å²) in [6.45, 7) is 6.45. The van der Waals surface area contributed by atoms with Gasteiger partial charge in [0, 0.05) is 5.56 Å². The lowest BCUT2D eigenvalue weighted by atomic mass is 10.0. The van der Waals surface area contributed by atoms with E-state index in [1.54, 1.807) is 0 Å². The van der Waals surface area contributed by atoms with E-state index in [1.165, 1.54) is 5.56 Å².